The molecule has 0 bridgehead atoms. The fourth-order valence-corrected chi connectivity index (χ4v) is 3.90. The number of nitrogens with two attached hydrogens (primary N) is 1. The first-order chi connectivity index (χ1) is 11.5. The zero-order valence-electron chi connectivity index (χ0n) is 16.1. The lowest BCUT2D eigenvalue weighted by molar-refractivity contribution is 0.0772. The molecule has 1 fully saturated rings. The molecule has 2 rings (SSSR count). The predicted molar refractivity (Wildman–Crippen MR) is 101 cm³/mol. The molecule has 1 aliphatic heterocycles. The molecule has 1 saturated heterocycles. The molecule has 5 nitrogen and oxygen atoms in total. The maximum atomic E-state index is 14.4. The lowest BCUT2D eigenvalue weighted by Crippen LogP contribution is -2.48. The standard InChI is InChI=1S/C18H31FN2O3Si/c1-18(2,3)25(5,6)24-16-11-22-10-15(16)23-17-12(9-21-4)7-13(20)8-14(17)19/h7-8,15-16,21H,9-11,20H2,1-6H3/t15-,16-/m1/s1. The lowest BCUT2D eigenvalue weighted by Gasteiger charge is -2.39. The fraction of sp³-hybridized carbons (Fsp3) is 0.667. The first-order valence-corrected chi connectivity index (χ1v) is 11.6. The van der Waals surface area contributed by atoms with Gasteiger partial charge in [0.05, 0.1) is 13.2 Å². The van der Waals surface area contributed by atoms with Crippen LogP contribution in [0.4, 0.5) is 10.1 Å². The number of anilines is 1. The molecule has 0 spiro atoms. The SMILES string of the molecule is CNCc1cc(N)cc(F)c1O[C@@H]1COC[C@H]1O[Si](C)(C)C(C)(C)C. The van der Waals surface area contributed by atoms with E-state index in [1.54, 1.807) is 13.1 Å². The molecule has 0 aromatic heterocycles. The Balaban J connectivity index is 2.19. The third-order valence-corrected chi connectivity index (χ3v) is 9.51. The minimum atomic E-state index is -1.97. The number of ether oxygens (including phenoxy) is 2. The molecule has 142 valence electrons. The van der Waals surface area contributed by atoms with E-state index in [0.717, 1.165) is 0 Å². The quantitative estimate of drug-likeness (QED) is 0.594. The topological polar surface area (TPSA) is 65.7 Å². The van der Waals surface area contributed by atoms with E-state index < -0.39 is 14.1 Å². The Bertz CT molecular complexity index is 605. The first-order valence-electron chi connectivity index (χ1n) is 8.70. The summed E-state index contributed by atoms with van der Waals surface area (Å²) in [7, 11) is -0.168. The molecule has 1 aliphatic rings. The molecule has 3 N–H and O–H groups in total. The minimum absolute atomic E-state index is 0.0872. The highest BCUT2D eigenvalue weighted by Gasteiger charge is 2.43. The summed E-state index contributed by atoms with van der Waals surface area (Å²) in [5.74, 6) is -0.230. The summed E-state index contributed by atoms with van der Waals surface area (Å²) < 4.78 is 32.5. The van der Waals surface area contributed by atoms with Crippen molar-refractivity contribution in [2.45, 2.75) is 57.7 Å². The maximum Gasteiger partial charge on any atom is 0.192 e. The summed E-state index contributed by atoms with van der Waals surface area (Å²) >= 11 is 0. The molecule has 0 aliphatic carbocycles. The third kappa shape index (κ3) is 4.72. The van der Waals surface area contributed by atoms with Crippen LogP contribution in [0.25, 0.3) is 0 Å². The van der Waals surface area contributed by atoms with Crippen LogP contribution in [0.2, 0.25) is 18.1 Å². The highest BCUT2D eigenvalue weighted by molar-refractivity contribution is 6.74. The molecule has 1 heterocycles. The number of hydrogen-bond donors (Lipinski definition) is 2. The molecule has 2 atom stereocenters. The van der Waals surface area contributed by atoms with Crippen LogP contribution < -0.4 is 15.8 Å². The van der Waals surface area contributed by atoms with Gasteiger partial charge in [0.1, 0.15) is 12.2 Å². The van der Waals surface area contributed by atoms with Gasteiger partial charge in [-0.3, -0.25) is 0 Å². The van der Waals surface area contributed by atoms with Crippen LogP contribution in [-0.2, 0) is 15.7 Å². The van der Waals surface area contributed by atoms with Crippen molar-refractivity contribution in [3.63, 3.8) is 0 Å². The molecule has 0 unspecified atom stereocenters. The second-order valence-corrected chi connectivity index (χ2v) is 12.9. The summed E-state index contributed by atoms with van der Waals surface area (Å²) in [4.78, 5) is 0. The zero-order chi connectivity index (χ0) is 18.8. The summed E-state index contributed by atoms with van der Waals surface area (Å²) in [5, 5.41) is 3.10. The number of benzene rings is 1. The molecule has 0 radical (unpaired) electrons. The Morgan fingerprint density at radius 2 is 1.92 bits per heavy atom. The van der Waals surface area contributed by atoms with E-state index in [4.69, 9.17) is 19.6 Å². The van der Waals surface area contributed by atoms with Crippen LogP contribution >= 0.6 is 0 Å². The van der Waals surface area contributed by atoms with E-state index in [1.165, 1.54) is 6.07 Å². The van der Waals surface area contributed by atoms with Crippen molar-refractivity contribution in [3.05, 3.63) is 23.5 Å². The fourth-order valence-electron chi connectivity index (χ4n) is 2.57. The van der Waals surface area contributed by atoms with Crippen LogP contribution in [0, 0.1) is 5.82 Å². The van der Waals surface area contributed by atoms with Gasteiger partial charge in [-0.15, -0.1) is 0 Å². The van der Waals surface area contributed by atoms with Crippen molar-refractivity contribution >= 4 is 14.0 Å². The van der Waals surface area contributed by atoms with Gasteiger partial charge < -0.3 is 25.0 Å². The van der Waals surface area contributed by atoms with E-state index in [2.05, 4.69) is 39.2 Å². The molecule has 1 aromatic rings. The van der Waals surface area contributed by atoms with Crippen LogP contribution in [0.15, 0.2) is 12.1 Å². The summed E-state index contributed by atoms with van der Waals surface area (Å²) in [6, 6.07) is 3.02. The Labute approximate surface area is 151 Å². The van der Waals surface area contributed by atoms with Crippen molar-refractivity contribution in [2.24, 2.45) is 0 Å². The number of hydrogen-bond acceptors (Lipinski definition) is 5. The van der Waals surface area contributed by atoms with Gasteiger partial charge in [0.2, 0.25) is 0 Å². The first kappa shape index (κ1) is 20.2. The Kier molecular flexibility index (Phi) is 6.14. The van der Waals surface area contributed by atoms with Crippen molar-refractivity contribution < 1.29 is 18.3 Å². The van der Waals surface area contributed by atoms with Gasteiger partial charge in [-0.05, 0) is 31.2 Å². The Morgan fingerprint density at radius 3 is 2.52 bits per heavy atom. The minimum Gasteiger partial charge on any atom is -0.482 e. The van der Waals surface area contributed by atoms with Gasteiger partial charge in [0.25, 0.3) is 0 Å². The highest BCUT2D eigenvalue weighted by atomic mass is 28.4. The van der Waals surface area contributed by atoms with Crippen LogP contribution in [0.5, 0.6) is 5.75 Å². The second kappa shape index (κ2) is 7.61. The van der Waals surface area contributed by atoms with E-state index >= 15 is 0 Å². The molecule has 0 saturated carbocycles. The molecular formula is C18H31FN2O3Si. The monoisotopic (exact) mass is 370 g/mol. The number of nitrogens with one attached hydrogen (secondary N) is 1. The number of halogens is 1. The van der Waals surface area contributed by atoms with E-state index in [-0.39, 0.29) is 23.0 Å². The van der Waals surface area contributed by atoms with Crippen LogP contribution in [0.3, 0.4) is 0 Å². The molecule has 25 heavy (non-hydrogen) atoms. The maximum absolute atomic E-state index is 14.4. The van der Waals surface area contributed by atoms with Crippen molar-refractivity contribution in [1.29, 1.82) is 0 Å². The number of nitrogen functional groups attached to an aromatic ring is 1. The molecular weight excluding hydrogens is 339 g/mol. The Morgan fingerprint density at radius 1 is 1.28 bits per heavy atom. The lowest BCUT2D eigenvalue weighted by atomic mass is 10.1. The summed E-state index contributed by atoms with van der Waals surface area (Å²) in [6.45, 7) is 12.3. The van der Waals surface area contributed by atoms with E-state index in [1.807, 2.05) is 0 Å². The van der Waals surface area contributed by atoms with E-state index in [9.17, 15) is 4.39 Å². The smallest absolute Gasteiger partial charge is 0.192 e. The molecule has 1 aromatic carbocycles. The normalized spacial score (nSPS) is 21.6. The number of rotatable bonds is 6. The van der Waals surface area contributed by atoms with Crippen LogP contribution in [0.1, 0.15) is 26.3 Å². The zero-order valence-corrected chi connectivity index (χ0v) is 17.1. The van der Waals surface area contributed by atoms with Gasteiger partial charge in [-0.1, -0.05) is 20.8 Å². The third-order valence-electron chi connectivity index (χ3n) is 5.01. The van der Waals surface area contributed by atoms with Gasteiger partial charge >= 0.3 is 0 Å². The molecule has 7 heteroatoms. The largest absolute Gasteiger partial charge is 0.482 e. The van der Waals surface area contributed by atoms with E-state index in [0.29, 0.717) is 31.0 Å². The molecule has 0 amide bonds. The predicted octanol–water partition coefficient (Wildman–Crippen LogP) is 3.30. The van der Waals surface area contributed by atoms with Crippen molar-refractivity contribution in [3.8, 4) is 5.75 Å². The van der Waals surface area contributed by atoms with Gasteiger partial charge in [-0.25, -0.2) is 4.39 Å². The van der Waals surface area contributed by atoms with Crippen molar-refractivity contribution in [1.82, 2.24) is 5.32 Å². The summed E-state index contributed by atoms with van der Waals surface area (Å²) in [5.41, 5.74) is 6.83. The van der Waals surface area contributed by atoms with Crippen LogP contribution in [-0.4, -0.2) is 40.8 Å². The average Bonchev–Trinajstić information content (AvgIpc) is 2.88. The summed E-state index contributed by atoms with van der Waals surface area (Å²) in [6.07, 6.45) is -0.525. The van der Waals surface area contributed by atoms with Crippen molar-refractivity contribution in [2.75, 3.05) is 26.0 Å². The average molecular weight is 371 g/mol. The van der Waals surface area contributed by atoms with Gasteiger partial charge in [-0.2, -0.15) is 0 Å². The second-order valence-electron chi connectivity index (χ2n) is 8.13. The highest BCUT2D eigenvalue weighted by Crippen LogP contribution is 2.39. The van der Waals surface area contributed by atoms with Gasteiger partial charge in [0.15, 0.2) is 19.9 Å². The van der Waals surface area contributed by atoms with Gasteiger partial charge in [0, 0.05) is 23.9 Å². The Hall–Kier alpha value is -1.15.